The van der Waals surface area contributed by atoms with Crippen LogP contribution < -0.4 is 10.9 Å². The van der Waals surface area contributed by atoms with E-state index >= 15 is 0 Å². The molecule has 0 aliphatic heterocycles. The number of amides is 1. The lowest BCUT2D eigenvalue weighted by Gasteiger charge is -2.11. The number of aromatic nitrogens is 2. The summed E-state index contributed by atoms with van der Waals surface area (Å²) in [5.74, 6) is 0.931. The first-order chi connectivity index (χ1) is 10.6. The lowest BCUT2D eigenvalue weighted by molar-refractivity contribution is 0.0933. The van der Waals surface area contributed by atoms with Crippen LogP contribution in [0.5, 0.6) is 0 Å². The molecule has 0 saturated carbocycles. The molecular weight excluding hydrogens is 282 g/mol. The summed E-state index contributed by atoms with van der Waals surface area (Å²) in [6, 6.07) is 8.49. The quantitative estimate of drug-likeness (QED) is 0.803. The molecule has 0 radical (unpaired) electrons. The Morgan fingerprint density at radius 3 is 2.86 bits per heavy atom. The van der Waals surface area contributed by atoms with Crippen molar-refractivity contribution in [2.75, 3.05) is 0 Å². The number of pyridine rings is 1. The van der Waals surface area contributed by atoms with E-state index < -0.39 is 11.5 Å². The summed E-state index contributed by atoms with van der Waals surface area (Å²) in [4.78, 5) is 28.8. The smallest absolute Gasteiger partial charge is 0.270 e. The predicted octanol–water partition coefficient (Wildman–Crippen LogP) is 2.09. The van der Waals surface area contributed by atoms with Crippen LogP contribution in [0.3, 0.4) is 0 Å². The largest absolute Gasteiger partial charge is 0.464 e. The number of hydrogen-bond donors (Lipinski definition) is 1. The van der Waals surface area contributed by atoms with Crippen LogP contribution in [0.1, 0.15) is 34.8 Å². The molecule has 6 nitrogen and oxygen atoms in total. The molecule has 0 bridgehead atoms. The molecular formula is C16H15N3O3. The molecule has 3 aromatic rings. The number of fused-ring (bicyclic) bond motifs is 1. The van der Waals surface area contributed by atoms with E-state index in [1.54, 1.807) is 37.4 Å². The molecule has 22 heavy (non-hydrogen) atoms. The molecule has 6 heteroatoms. The third-order valence-corrected chi connectivity index (χ3v) is 3.39. The van der Waals surface area contributed by atoms with Crippen LogP contribution in [0.4, 0.5) is 0 Å². The topological polar surface area (TPSA) is 76.6 Å². The molecule has 0 aromatic carbocycles. The van der Waals surface area contributed by atoms with Gasteiger partial charge in [-0.25, -0.2) is 4.98 Å². The van der Waals surface area contributed by atoms with E-state index in [4.69, 9.17) is 4.42 Å². The molecule has 3 rings (SSSR count). The molecule has 0 aliphatic carbocycles. The van der Waals surface area contributed by atoms with Gasteiger partial charge in [0.15, 0.2) is 0 Å². The van der Waals surface area contributed by atoms with Crippen molar-refractivity contribution in [2.24, 2.45) is 0 Å². The van der Waals surface area contributed by atoms with Gasteiger partial charge in [0, 0.05) is 12.4 Å². The van der Waals surface area contributed by atoms with Crippen molar-refractivity contribution in [3.05, 3.63) is 70.2 Å². The van der Waals surface area contributed by atoms with Crippen LogP contribution >= 0.6 is 0 Å². The van der Waals surface area contributed by atoms with Crippen LogP contribution in [0.15, 0.2) is 51.9 Å². The number of carbonyl (C=O) groups excluding carboxylic acids is 1. The number of hydrogen-bond acceptors (Lipinski definition) is 4. The van der Waals surface area contributed by atoms with E-state index in [9.17, 15) is 9.59 Å². The second-order valence-corrected chi connectivity index (χ2v) is 5.05. The summed E-state index contributed by atoms with van der Waals surface area (Å²) in [7, 11) is 0. The Bertz CT molecular complexity index is 895. The Balaban J connectivity index is 1.89. The zero-order valence-corrected chi connectivity index (χ0v) is 12.2. The molecule has 3 heterocycles. The van der Waals surface area contributed by atoms with E-state index in [-0.39, 0.29) is 11.6 Å². The number of furan rings is 1. The summed E-state index contributed by atoms with van der Waals surface area (Å²) >= 11 is 0. The first kappa shape index (κ1) is 14.1. The highest BCUT2D eigenvalue weighted by atomic mass is 16.3. The van der Waals surface area contributed by atoms with Gasteiger partial charge < -0.3 is 9.73 Å². The number of carbonyl (C=O) groups is 1. The zero-order chi connectivity index (χ0) is 15.7. The standard InChI is InChI=1S/C16H15N3O3/c1-10-6-7-13(22-10)11(2)18-15(20)12-9-17-14-5-3-4-8-19(14)16(12)21/h3-9,11H,1-2H3,(H,18,20). The lowest BCUT2D eigenvalue weighted by atomic mass is 10.2. The Morgan fingerprint density at radius 2 is 2.14 bits per heavy atom. The van der Waals surface area contributed by atoms with Crippen molar-refractivity contribution < 1.29 is 9.21 Å². The number of rotatable bonds is 3. The van der Waals surface area contributed by atoms with Crippen LogP contribution in [-0.4, -0.2) is 15.3 Å². The highest BCUT2D eigenvalue weighted by Crippen LogP contribution is 2.15. The molecule has 0 fully saturated rings. The minimum absolute atomic E-state index is 0.00109. The minimum atomic E-state index is -0.475. The predicted molar refractivity (Wildman–Crippen MR) is 80.8 cm³/mol. The maximum atomic E-state index is 12.3. The van der Waals surface area contributed by atoms with E-state index in [0.29, 0.717) is 11.4 Å². The van der Waals surface area contributed by atoms with E-state index in [0.717, 1.165) is 5.76 Å². The van der Waals surface area contributed by atoms with E-state index in [1.807, 2.05) is 13.0 Å². The summed E-state index contributed by atoms with van der Waals surface area (Å²) in [5, 5.41) is 2.75. The molecule has 1 atom stereocenters. The van der Waals surface area contributed by atoms with Gasteiger partial charge in [0.2, 0.25) is 0 Å². The van der Waals surface area contributed by atoms with Gasteiger partial charge in [-0.3, -0.25) is 14.0 Å². The van der Waals surface area contributed by atoms with Gasteiger partial charge in [0.1, 0.15) is 22.7 Å². The first-order valence-electron chi connectivity index (χ1n) is 6.90. The maximum Gasteiger partial charge on any atom is 0.270 e. The first-order valence-corrected chi connectivity index (χ1v) is 6.90. The van der Waals surface area contributed by atoms with Gasteiger partial charge in [0.25, 0.3) is 11.5 Å². The molecule has 0 aliphatic rings. The lowest BCUT2D eigenvalue weighted by Crippen LogP contribution is -2.33. The average Bonchev–Trinajstić information content (AvgIpc) is 2.94. The summed E-state index contributed by atoms with van der Waals surface area (Å²) < 4.78 is 6.81. The molecule has 1 N–H and O–H groups in total. The second-order valence-electron chi connectivity index (χ2n) is 5.05. The Morgan fingerprint density at radius 1 is 1.32 bits per heavy atom. The van der Waals surface area contributed by atoms with Crippen LogP contribution in [0, 0.1) is 6.92 Å². The third-order valence-electron chi connectivity index (χ3n) is 3.39. The monoisotopic (exact) mass is 297 g/mol. The Kier molecular flexibility index (Phi) is 3.50. The summed E-state index contributed by atoms with van der Waals surface area (Å²) in [6.07, 6.45) is 2.88. The molecule has 1 unspecified atom stereocenters. The highest BCUT2D eigenvalue weighted by Gasteiger charge is 2.17. The third kappa shape index (κ3) is 2.50. The van der Waals surface area contributed by atoms with Gasteiger partial charge in [-0.05, 0) is 38.1 Å². The van der Waals surface area contributed by atoms with E-state index in [1.165, 1.54) is 10.6 Å². The van der Waals surface area contributed by atoms with E-state index in [2.05, 4.69) is 10.3 Å². The van der Waals surface area contributed by atoms with Crippen molar-refractivity contribution in [3.8, 4) is 0 Å². The fourth-order valence-corrected chi connectivity index (χ4v) is 2.21. The second kappa shape index (κ2) is 5.48. The molecule has 112 valence electrons. The van der Waals surface area contributed by atoms with Gasteiger partial charge in [-0.2, -0.15) is 0 Å². The van der Waals surface area contributed by atoms with Crippen LogP contribution in [0.25, 0.3) is 5.65 Å². The Labute approximate surface area is 126 Å². The molecule has 0 spiro atoms. The van der Waals surface area contributed by atoms with Crippen molar-refractivity contribution in [2.45, 2.75) is 19.9 Å². The fourth-order valence-electron chi connectivity index (χ4n) is 2.21. The highest BCUT2D eigenvalue weighted by molar-refractivity contribution is 5.93. The SMILES string of the molecule is Cc1ccc(C(C)NC(=O)c2cnc3ccccn3c2=O)o1. The van der Waals surface area contributed by atoms with Crippen molar-refractivity contribution in [1.29, 1.82) is 0 Å². The number of aryl methyl sites for hydroxylation is 1. The normalized spacial score (nSPS) is 12.3. The van der Waals surface area contributed by atoms with Crippen molar-refractivity contribution in [1.82, 2.24) is 14.7 Å². The van der Waals surface area contributed by atoms with Gasteiger partial charge in [-0.1, -0.05) is 6.07 Å². The Hall–Kier alpha value is -2.89. The van der Waals surface area contributed by atoms with Crippen LogP contribution in [0.2, 0.25) is 0 Å². The summed E-state index contributed by atoms with van der Waals surface area (Å²) in [6.45, 7) is 3.62. The minimum Gasteiger partial charge on any atom is -0.464 e. The number of nitrogens with one attached hydrogen (secondary N) is 1. The maximum absolute atomic E-state index is 12.3. The number of nitrogens with zero attached hydrogens (tertiary/aromatic N) is 2. The van der Waals surface area contributed by atoms with Crippen molar-refractivity contribution in [3.63, 3.8) is 0 Å². The van der Waals surface area contributed by atoms with Gasteiger partial charge in [0.05, 0.1) is 6.04 Å². The van der Waals surface area contributed by atoms with Crippen LogP contribution in [-0.2, 0) is 0 Å². The van der Waals surface area contributed by atoms with Gasteiger partial charge >= 0.3 is 0 Å². The van der Waals surface area contributed by atoms with Crippen molar-refractivity contribution >= 4 is 11.6 Å². The fraction of sp³-hybridized carbons (Fsp3) is 0.188. The van der Waals surface area contributed by atoms with Gasteiger partial charge in [-0.15, -0.1) is 0 Å². The average molecular weight is 297 g/mol. The molecule has 0 saturated heterocycles. The summed E-state index contributed by atoms with van der Waals surface area (Å²) in [5.41, 5.74) is 0.100. The zero-order valence-electron chi connectivity index (χ0n) is 12.2. The molecule has 3 aromatic heterocycles. The molecule has 1 amide bonds.